The average Bonchev–Trinajstić information content (AvgIpc) is 2.91. The fraction of sp³-hybridized carbons (Fsp3) is 0.375. The van der Waals surface area contributed by atoms with E-state index >= 15 is 0 Å². The third-order valence-corrected chi connectivity index (χ3v) is 9.43. The number of carbonyl (C=O) groups excluding carboxylic acids is 3. The highest BCUT2D eigenvalue weighted by molar-refractivity contribution is 6.25. The van der Waals surface area contributed by atoms with Gasteiger partial charge in [0.15, 0.2) is 17.0 Å². The van der Waals surface area contributed by atoms with E-state index in [1.807, 2.05) is 0 Å². The van der Waals surface area contributed by atoms with Gasteiger partial charge >= 0.3 is 0 Å². The predicted molar refractivity (Wildman–Crippen MR) is 165 cm³/mol. The highest BCUT2D eigenvalue weighted by Gasteiger charge is 2.74. The molecule has 0 aromatic heterocycles. The summed E-state index contributed by atoms with van der Waals surface area (Å²) in [6, 6.07) is 7.56. The Morgan fingerprint density at radius 1 is 1.15 bits per heavy atom. The van der Waals surface area contributed by atoms with Crippen LogP contribution in [0.15, 0.2) is 47.2 Å². The normalized spacial score (nSPS) is 27.6. The lowest BCUT2D eigenvalue weighted by atomic mass is 9.47. The molecule has 0 spiro atoms. The van der Waals surface area contributed by atoms with Crippen molar-refractivity contribution in [2.45, 2.75) is 56.1 Å². The molecule has 0 radical (unpaired) electrons. The van der Waals surface area contributed by atoms with Gasteiger partial charge in [-0.2, -0.15) is 5.26 Å². The lowest BCUT2D eigenvalue weighted by Crippen LogP contribution is -2.80. The van der Waals surface area contributed by atoms with Crippen molar-refractivity contribution in [2.75, 3.05) is 14.1 Å². The number of carbonyl (C=O) groups is 3. The number of nitrogens with zero attached hydrogens (tertiary/aromatic N) is 3. The van der Waals surface area contributed by atoms with E-state index in [9.17, 15) is 45.1 Å². The number of nitrogens with two attached hydrogens (primary N) is 3. The van der Waals surface area contributed by atoms with E-state index < -0.39 is 85.2 Å². The van der Waals surface area contributed by atoms with Crippen LogP contribution < -0.4 is 17.2 Å². The largest absolute Gasteiger partial charge is 0.509 e. The second-order valence-corrected chi connectivity index (χ2v) is 13.5. The summed E-state index contributed by atoms with van der Waals surface area (Å²) in [5.41, 5.74) is 11.0. The number of nitriles is 1. The van der Waals surface area contributed by atoms with Crippen LogP contribution in [0.2, 0.25) is 0 Å². The topological polar surface area (TPSA) is 260 Å². The number of ketones is 2. The lowest BCUT2D eigenvalue weighted by molar-refractivity contribution is -0.384. The summed E-state index contributed by atoms with van der Waals surface area (Å²) < 4.78 is 0. The molecule has 2 aromatic rings. The molecule has 1 saturated carbocycles. The molecule has 1 fully saturated rings. The minimum atomic E-state index is -2.79. The van der Waals surface area contributed by atoms with Crippen molar-refractivity contribution < 1.29 is 34.6 Å². The van der Waals surface area contributed by atoms with Gasteiger partial charge in [-0.1, -0.05) is 32.9 Å². The number of hydrogen-bond acceptors (Lipinski definition) is 12. The summed E-state index contributed by atoms with van der Waals surface area (Å²) in [5.74, 6) is -6.09. The maximum absolute atomic E-state index is 14.7. The van der Waals surface area contributed by atoms with Gasteiger partial charge in [-0.05, 0) is 55.1 Å². The fourth-order valence-electron chi connectivity index (χ4n) is 7.52. The number of aromatic hydroxyl groups is 1. The van der Waals surface area contributed by atoms with Crippen LogP contribution in [0, 0.1) is 26.9 Å². The number of aliphatic hydroxyl groups is 2. The molecular weight excluding hydrogens is 596 g/mol. The second-order valence-electron chi connectivity index (χ2n) is 13.5. The number of benzene rings is 2. The van der Waals surface area contributed by atoms with Crippen LogP contribution >= 0.6 is 0 Å². The van der Waals surface area contributed by atoms with E-state index in [2.05, 4.69) is 0 Å². The number of non-ortho nitro benzene ring substituents is 1. The molecule has 0 heterocycles. The summed E-state index contributed by atoms with van der Waals surface area (Å²) in [5, 5.41) is 57.2. The van der Waals surface area contributed by atoms with Gasteiger partial charge in [-0.15, -0.1) is 0 Å². The molecule has 0 saturated heterocycles. The Morgan fingerprint density at radius 2 is 1.78 bits per heavy atom. The molecule has 3 aliphatic carbocycles. The third-order valence-electron chi connectivity index (χ3n) is 9.43. The Labute approximate surface area is 263 Å². The summed E-state index contributed by atoms with van der Waals surface area (Å²) in [4.78, 5) is 53.1. The molecule has 14 nitrogen and oxygen atoms in total. The number of phenols is 1. The van der Waals surface area contributed by atoms with Crippen molar-refractivity contribution in [3.8, 4) is 22.9 Å². The Balaban J connectivity index is 1.92. The van der Waals surface area contributed by atoms with Crippen LogP contribution in [0.3, 0.4) is 0 Å². The number of aliphatic hydroxyl groups excluding tert-OH is 2. The Hall–Kier alpha value is -5.10. The van der Waals surface area contributed by atoms with Crippen molar-refractivity contribution in [1.82, 2.24) is 4.90 Å². The molecule has 3 aliphatic rings. The molecule has 240 valence electrons. The molecule has 0 aliphatic heterocycles. The smallest absolute Gasteiger partial charge is 0.270 e. The second kappa shape index (κ2) is 9.95. The summed E-state index contributed by atoms with van der Waals surface area (Å²) >= 11 is 0. The zero-order chi connectivity index (χ0) is 34.5. The van der Waals surface area contributed by atoms with Gasteiger partial charge in [-0.3, -0.25) is 29.4 Å². The molecule has 5 rings (SSSR count). The Kier molecular flexibility index (Phi) is 6.99. The van der Waals surface area contributed by atoms with E-state index in [4.69, 9.17) is 17.2 Å². The molecule has 4 atom stereocenters. The number of nitro benzene ring substituents is 1. The molecule has 0 unspecified atom stereocenters. The number of primary amides is 1. The van der Waals surface area contributed by atoms with Crippen LogP contribution in [-0.4, -0.2) is 73.8 Å². The molecule has 0 bridgehead atoms. The zero-order valence-electron chi connectivity index (χ0n) is 25.8. The van der Waals surface area contributed by atoms with Crippen molar-refractivity contribution >= 4 is 28.9 Å². The summed E-state index contributed by atoms with van der Waals surface area (Å²) in [6.45, 7) is 5.37. The van der Waals surface area contributed by atoms with Crippen molar-refractivity contribution in [3.63, 3.8) is 0 Å². The number of hydrogen-bond donors (Lipinski definition) is 6. The quantitative estimate of drug-likeness (QED) is 0.160. The highest BCUT2D eigenvalue weighted by Crippen LogP contribution is 2.59. The monoisotopic (exact) mass is 630 g/mol. The minimum Gasteiger partial charge on any atom is -0.509 e. The Bertz CT molecular complexity index is 1900. The molecule has 14 heteroatoms. The maximum atomic E-state index is 14.7. The minimum absolute atomic E-state index is 0.189. The van der Waals surface area contributed by atoms with Crippen LogP contribution in [0.5, 0.6) is 5.75 Å². The number of Topliss-reactive ketones (excluding diaryl/α,β-unsaturated/α-hetero) is 2. The number of rotatable bonds is 4. The maximum Gasteiger partial charge on any atom is 0.270 e. The van der Waals surface area contributed by atoms with Crippen LogP contribution in [-0.2, 0) is 26.2 Å². The Morgan fingerprint density at radius 3 is 2.30 bits per heavy atom. The van der Waals surface area contributed by atoms with E-state index in [0.29, 0.717) is 16.7 Å². The van der Waals surface area contributed by atoms with Gasteiger partial charge in [0.2, 0.25) is 0 Å². The standard InChI is InChI=1S/C32H34N6O8/c1-29(2,3)18-10-16(14-7-6-8-15(9-14)38(45)46)17-11-30(35)12-32(36)25(37(4)5)24(41)20(28(34)44)26(42)31(32,13-33)27(43)21(30)23(40)19(17)22(18)39/h6-10,25,39-40,42H,11-12,35-36H2,1-5H3,(H2,34,44)/t25-,30-,31+,32-/m1/s1. The van der Waals surface area contributed by atoms with Gasteiger partial charge in [0, 0.05) is 17.7 Å². The average molecular weight is 631 g/mol. The van der Waals surface area contributed by atoms with Crippen LogP contribution in [0.4, 0.5) is 5.69 Å². The summed E-state index contributed by atoms with van der Waals surface area (Å²) in [6.07, 6.45) is -0.829. The zero-order valence-corrected chi connectivity index (χ0v) is 25.8. The first-order valence-electron chi connectivity index (χ1n) is 14.3. The van der Waals surface area contributed by atoms with Gasteiger partial charge in [-0.25, -0.2) is 0 Å². The third kappa shape index (κ3) is 4.02. The van der Waals surface area contributed by atoms with Crippen molar-refractivity contribution in [3.05, 3.63) is 74.0 Å². The van der Waals surface area contributed by atoms with Gasteiger partial charge < -0.3 is 32.5 Å². The number of likely N-dealkylation sites (N-methyl/N-ethyl adjacent to an activating group) is 1. The van der Waals surface area contributed by atoms with Crippen molar-refractivity contribution in [1.29, 1.82) is 5.26 Å². The first-order valence-corrected chi connectivity index (χ1v) is 14.3. The number of phenolic OH excluding ortho intramolecular Hbond substituents is 1. The van der Waals surface area contributed by atoms with E-state index in [1.165, 1.54) is 37.2 Å². The molecular formula is C32H34N6O8. The molecule has 9 N–H and O–H groups in total. The van der Waals surface area contributed by atoms with Crippen LogP contribution in [0.1, 0.15) is 43.9 Å². The highest BCUT2D eigenvalue weighted by atomic mass is 16.6. The summed E-state index contributed by atoms with van der Waals surface area (Å²) in [7, 11) is 2.86. The first kappa shape index (κ1) is 32.3. The van der Waals surface area contributed by atoms with Gasteiger partial charge in [0.25, 0.3) is 11.6 Å². The van der Waals surface area contributed by atoms with E-state index in [0.717, 1.165) is 0 Å². The number of amides is 1. The number of nitro groups is 1. The van der Waals surface area contributed by atoms with Crippen LogP contribution in [0.25, 0.3) is 16.9 Å². The molecule has 2 aromatic carbocycles. The van der Waals surface area contributed by atoms with Gasteiger partial charge in [0.1, 0.15) is 22.8 Å². The van der Waals surface area contributed by atoms with E-state index in [1.54, 1.807) is 39.0 Å². The molecule has 1 amide bonds. The molecule has 46 heavy (non-hydrogen) atoms. The number of fused-ring (bicyclic) bond motifs is 3. The van der Waals surface area contributed by atoms with E-state index in [-0.39, 0.29) is 23.2 Å². The first-order chi connectivity index (χ1) is 21.2. The van der Waals surface area contributed by atoms with Gasteiger partial charge in [0.05, 0.1) is 39.2 Å². The SMILES string of the molecule is CN(C)[C@@H]1C(=O)C(C(N)=O)=C(O)[C@@]2(C#N)C(=O)C3=C(O)c4c(O)c(C(C)(C)C)cc(-c5cccc([N+](=O)[O-])c5)c4C[C@@]3(N)C[C@@]12N. The fourth-order valence-corrected chi connectivity index (χ4v) is 7.52. The lowest BCUT2D eigenvalue weighted by Gasteiger charge is -2.58. The predicted octanol–water partition coefficient (Wildman–Crippen LogP) is 1.78. The van der Waals surface area contributed by atoms with Crippen molar-refractivity contribution in [2.24, 2.45) is 22.6 Å².